The van der Waals surface area contributed by atoms with Crippen LogP contribution in [0.15, 0.2) is 30.6 Å². The average Bonchev–Trinajstić information content (AvgIpc) is 2.96. The minimum atomic E-state index is -0.977. The van der Waals surface area contributed by atoms with E-state index in [-0.39, 0.29) is 34.4 Å². The maximum atomic E-state index is 14.2. The van der Waals surface area contributed by atoms with Crippen molar-refractivity contribution in [3.8, 4) is 5.06 Å². The molecule has 11 heteroatoms. The molecule has 0 fully saturated rings. The molecule has 2 aromatic heterocycles. The SMILES string of the molecule is O=C(NOCCO)Oc1sc2c(F)cncc2c1Nc1ccc(I)cc1F. The lowest BCUT2D eigenvalue weighted by Crippen LogP contribution is -2.28. The Hall–Kier alpha value is -2.09. The molecule has 142 valence electrons. The quantitative estimate of drug-likeness (QED) is 0.266. The van der Waals surface area contributed by atoms with Crippen molar-refractivity contribution in [1.82, 2.24) is 10.5 Å². The first-order valence-electron chi connectivity index (χ1n) is 7.48. The minimum absolute atomic E-state index is 0.0000477. The van der Waals surface area contributed by atoms with Gasteiger partial charge in [0.2, 0.25) is 5.06 Å². The molecular formula is C16H12F2IN3O4S. The first kappa shape index (κ1) is 19.7. The van der Waals surface area contributed by atoms with Crippen LogP contribution in [0, 0.1) is 15.2 Å². The van der Waals surface area contributed by atoms with E-state index in [1.165, 1.54) is 18.3 Å². The lowest BCUT2D eigenvalue weighted by molar-refractivity contribution is 0.0249. The van der Waals surface area contributed by atoms with Gasteiger partial charge in [-0.15, -0.1) is 0 Å². The second-order valence-electron chi connectivity index (χ2n) is 5.08. The lowest BCUT2D eigenvalue weighted by Gasteiger charge is -2.10. The summed E-state index contributed by atoms with van der Waals surface area (Å²) in [6, 6.07) is 4.53. The van der Waals surface area contributed by atoms with E-state index < -0.39 is 17.7 Å². The van der Waals surface area contributed by atoms with E-state index in [0.717, 1.165) is 17.5 Å². The predicted octanol–water partition coefficient (Wildman–Crippen LogP) is 3.94. The molecule has 0 atom stereocenters. The summed E-state index contributed by atoms with van der Waals surface area (Å²) in [7, 11) is 0. The van der Waals surface area contributed by atoms with Crippen LogP contribution >= 0.6 is 33.9 Å². The summed E-state index contributed by atoms with van der Waals surface area (Å²) in [5.74, 6) is -1.12. The third kappa shape index (κ3) is 4.61. The normalized spacial score (nSPS) is 10.8. The van der Waals surface area contributed by atoms with E-state index in [4.69, 9.17) is 9.84 Å². The van der Waals surface area contributed by atoms with Crippen molar-refractivity contribution in [2.75, 3.05) is 18.5 Å². The maximum Gasteiger partial charge on any atom is 0.437 e. The molecule has 0 aliphatic rings. The summed E-state index contributed by atoms with van der Waals surface area (Å²) < 4.78 is 34.3. The summed E-state index contributed by atoms with van der Waals surface area (Å²) in [5.41, 5.74) is 2.29. The number of amides is 1. The van der Waals surface area contributed by atoms with E-state index in [1.54, 1.807) is 6.07 Å². The van der Waals surface area contributed by atoms with E-state index in [2.05, 4.69) is 15.1 Å². The lowest BCUT2D eigenvalue weighted by atomic mass is 10.2. The molecule has 0 saturated heterocycles. The number of nitrogens with one attached hydrogen (secondary N) is 2. The second-order valence-corrected chi connectivity index (χ2v) is 7.30. The van der Waals surface area contributed by atoms with Gasteiger partial charge in [-0.2, -0.15) is 5.48 Å². The van der Waals surface area contributed by atoms with Crippen molar-refractivity contribution in [3.05, 3.63) is 45.8 Å². The first-order valence-corrected chi connectivity index (χ1v) is 9.37. The van der Waals surface area contributed by atoms with Crippen LogP contribution in [-0.2, 0) is 4.84 Å². The number of carbonyl (C=O) groups excluding carboxylic acids is 1. The number of hydroxylamine groups is 1. The molecule has 3 rings (SSSR count). The van der Waals surface area contributed by atoms with Gasteiger partial charge < -0.3 is 15.2 Å². The standard InChI is InChI=1S/C16H12F2IN3O4S/c17-10-5-8(19)1-2-12(10)21-13-9-6-20-7-11(18)14(9)27-15(13)26-16(24)22-25-4-3-23/h1-2,5-7,21,23H,3-4H2,(H,22,24). The van der Waals surface area contributed by atoms with Gasteiger partial charge in [0, 0.05) is 15.2 Å². The third-order valence-corrected chi connectivity index (χ3v) is 5.01. The number of rotatable bonds is 6. The van der Waals surface area contributed by atoms with Crippen LogP contribution in [0.3, 0.4) is 0 Å². The molecule has 0 aliphatic heterocycles. The number of thiophene rings is 1. The Labute approximate surface area is 169 Å². The predicted molar refractivity (Wildman–Crippen MR) is 104 cm³/mol. The summed E-state index contributed by atoms with van der Waals surface area (Å²) in [6.45, 7) is -0.419. The topological polar surface area (TPSA) is 92.7 Å². The van der Waals surface area contributed by atoms with Crippen molar-refractivity contribution in [3.63, 3.8) is 0 Å². The molecule has 7 nitrogen and oxygen atoms in total. The van der Waals surface area contributed by atoms with Crippen LogP contribution in [0.5, 0.6) is 5.06 Å². The number of aromatic nitrogens is 1. The number of fused-ring (bicyclic) bond motifs is 1. The second kappa shape index (κ2) is 8.73. The fraction of sp³-hybridized carbons (Fsp3) is 0.125. The zero-order valence-corrected chi connectivity index (χ0v) is 16.4. The number of ether oxygens (including phenoxy) is 1. The van der Waals surface area contributed by atoms with Crippen molar-refractivity contribution in [2.45, 2.75) is 0 Å². The Morgan fingerprint density at radius 2 is 2.11 bits per heavy atom. The van der Waals surface area contributed by atoms with Gasteiger partial charge >= 0.3 is 6.09 Å². The van der Waals surface area contributed by atoms with E-state index in [0.29, 0.717) is 8.96 Å². The first-order chi connectivity index (χ1) is 13.0. The number of aliphatic hydroxyl groups is 1. The number of aliphatic hydroxyl groups excluding tert-OH is 1. The zero-order valence-electron chi connectivity index (χ0n) is 13.5. The highest BCUT2D eigenvalue weighted by Crippen LogP contribution is 2.44. The molecule has 0 spiro atoms. The number of hydrogen-bond donors (Lipinski definition) is 3. The summed E-state index contributed by atoms with van der Waals surface area (Å²) in [6.07, 6.45) is 1.44. The van der Waals surface area contributed by atoms with Crippen LogP contribution in [-0.4, -0.2) is 29.4 Å². The Kier molecular flexibility index (Phi) is 6.36. The van der Waals surface area contributed by atoms with Gasteiger partial charge in [-0.1, -0.05) is 11.3 Å². The van der Waals surface area contributed by atoms with Gasteiger partial charge in [-0.25, -0.2) is 13.6 Å². The highest BCUT2D eigenvalue weighted by atomic mass is 127. The Bertz CT molecular complexity index is 986. The molecule has 0 radical (unpaired) electrons. The number of nitrogens with zero attached hydrogens (tertiary/aromatic N) is 1. The van der Waals surface area contributed by atoms with E-state index in [1.807, 2.05) is 28.1 Å². The van der Waals surface area contributed by atoms with Gasteiger partial charge in [-0.05, 0) is 40.8 Å². The monoisotopic (exact) mass is 507 g/mol. The summed E-state index contributed by atoms with van der Waals surface area (Å²) >= 11 is 2.83. The molecule has 0 unspecified atom stereocenters. The van der Waals surface area contributed by atoms with Crippen molar-refractivity contribution in [2.24, 2.45) is 0 Å². The fourth-order valence-electron chi connectivity index (χ4n) is 2.14. The molecule has 0 saturated carbocycles. The van der Waals surface area contributed by atoms with Gasteiger partial charge in [0.25, 0.3) is 0 Å². The van der Waals surface area contributed by atoms with Crippen LogP contribution in [0.4, 0.5) is 25.0 Å². The molecule has 1 amide bonds. The van der Waals surface area contributed by atoms with Gasteiger partial charge in [0.1, 0.15) is 11.5 Å². The summed E-state index contributed by atoms with van der Waals surface area (Å²) in [5, 5.41) is 11.8. The number of hydrogen-bond acceptors (Lipinski definition) is 7. The highest BCUT2D eigenvalue weighted by Gasteiger charge is 2.20. The number of carbonyl (C=O) groups is 1. The molecule has 3 aromatic rings. The number of benzene rings is 1. The van der Waals surface area contributed by atoms with Crippen LogP contribution in [0.2, 0.25) is 0 Å². The average molecular weight is 507 g/mol. The zero-order chi connectivity index (χ0) is 19.4. The third-order valence-electron chi connectivity index (χ3n) is 3.25. The number of pyridine rings is 1. The number of anilines is 2. The molecule has 1 aromatic carbocycles. The van der Waals surface area contributed by atoms with Crippen LogP contribution in [0.25, 0.3) is 10.1 Å². The van der Waals surface area contributed by atoms with Crippen LogP contribution < -0.4 is 15.5 Å². The van der Waals surface area contributed by atoms with Crippen molar-refractivity contribution < 1.29 is 28.3 Å². The summed E-state index contributed by atoms with van der Waals surface area (Å²) in [4.78, 5) is 20.3. The maximum absolute atomic E-state index is 14.2. The van der Waals surface area contributed by atoms with Gasteiger partial charge in [0.05, 0.1) is 29.8 Å². The Morgan fingerprint density at radius 3 is 2.85 bits per heavy atom. The largest absolute Gasteiger partial charge is 0.437 e. The molecule has 0 bridgehead atoms. The van der Waals surface area contributed by atoms with Crippen molar-refractivity contribution in [1.29, 1.82) is 0 Å². The van der Waals surface area contributed by atoms with Crippen molar-refractivity contribution >= 4 is 61.5 Å². The molecule has 27 heavy (non-hydrogen) atoms. The smallest absolute Gasteiger partial charge is 0.395 e. The van der Waals surface area contributed by atoms with E-state index >= 15 is 0 Å². The van der Waals surface area contributed by atoms with E-state index in [9.17, 15) is 13.6 Å². The fourth-order valence-corrected chi connectivity index (χ4v) is 3.57. The van der Waals surface area contributed by atoms with Crippen LogP contribution in [0.1, 0.15) is 0 Å². The molecule has 0 aliphatic carbocycles. The molecular weight excluding hydrogens is 495 g/mol. The highest BCUT2D eigenvalue weighted by molar-refractivity contribution is 14.1. The number of halogens is 3. The molecule has 3 N–H and O–H groups in total. The van der Waals surface area contributed by atoms with Gasteiger partial charge in [0.15, 0.2) is 5.82 Å². The van der Waals surface area contributed by atoms with Gasteiger partial charge in [-0.3, -0.25) is 9.82 Å². The minimum Gasteiger partial charge on any atom is -0.395 e. The Balaban J connectivity index is 1.96. The Morgan fingerprint density at radius 1 is 1.30 bits per heavy atom. The molecule has 2 heterocycles.